The van der Waals surface area contributed by atoms with E-state index >= 15 is 0 Å². The number of rotatable bonds is 4. The van der Waals surface area contributed by atoms with E-state index in [-0.39, 0.29) is 11.2 Å². The van der Waals surface area contributed by atoms with Crippen LogP contribution in [0.5, 0.6) is 0 Å². The molecule has 0 spiro atoms. The second-order valence-corrected chi connectivity index (χ2v) is 8.12. The van der Waals surface area contributed by atoms with Gasteiger partial charge in [-0.1, -0.05) is 11.8 Å². The lowest BCUT2D eigenvalue weighted by Gasteiger charge is -2.40. The van der Waals surface area contributed by atoms with Gasteiger partial charge in [0.05, 0.1) is 5.25 Å². The van der Waals surface area contributed by atoms with Crippen LogP contribution < -0.4 is 0 Å². The SMILES string of the molecule is C[C@@H](Sc1nnc(C2CC2)n1C)C(=O)N1[C@@H](C)CCC[C@@H]1C. The van der Waals surface area contributed by atoms with Crippen LogP contribution in [0.4, 0.5) is 0 Å². The molecule has 1 aliphatic heterocycles. The van der Waals surface area contributed by atoms with Gasteiger partial charge in [-0.15, -0.1) is 10.2 Å². The largest absolute Gasteiger partial charge is 0.336 e. The van der Waals surface area contributed by atoms with Crippen LogP contribution in [0.15, 0.2) is 5.16 Å². The van der Waals surface area contributed by atoms with E-state index in [0.717, 1.165) is 23.8 Å². The molecule has 1 aromatic rings. The van der Waals surface area contributed by atoms with E-state index in [2.05, 4.69) is 33.5 Å². The minimum Gasteiger partial charge on any atom is -0.336 e. The van der Waals surface area contributed by atoms with Crippen molar-refractivity contribution in [2.75, 3.05) is 0 Å². The highest BCUT2D eigenvalue weighted by atomic mass is 32.2. The molecule has 2 heterocycles. The van der Waals surface area contributed by atoms with Crippen LogP contribution in [-0.2, 0) is 11.8 Å². The fourth-order valence-corrected chi connectivity index (χ4v) is 4.28. The van der Waals surface area contributed by atoms with Crippen molar-refractivity contribution in [2.45, 2.75) is 81.3 Å². The molecule has 0 unspecified atom stereocenters. The first-order valence-corrected chi connectivity index (χ1v) is 9.25. The molecule has 3 atom stereocenters. The minimum atomic E-state index is -0.113. The molecule has 2 aliphatic rings. The molecular formula is C16H26N4OS. The van der Waals surface area contributed by atoms with Crippen LogP contribution in [-0.4, -0.2) is 42.9 Å². The van der Waals surface area contributed by atoms with Crippen LogP contribution >= 0.6 is 11.8 Å². The number of thioether (sulfide) groups is 1. The molecule has 122 valence electrons. The molecule has 5 nitrogen and oxygen atoms in total. The van der Waals surface area contributed by atoms with E-state index in [0.29, 0.717) is 18.0 Å². The molecule has 0 aromatic carbocycles. The van der Waals surface area contributed by atoms with Crippen molar-refractivity contribution in [3.8, 4) is 0 Å². The first kappa shape index (κ1) is 15.8. The quantitative estimate of drug-likeness (QED) is 0.800. The van der Waals surface area contributed by atoms with E-state index in [1.807, 2.05) is 14.0 Å². The zero-order chi connectivity index (χ0) is 15.9. The Morgan fingerprint density at radius 3 is 2.41 bits per heavy atom. The normalized spacial score (nSPS) is 27.0. The summed E-state index contributed by atoms with van der Waals surface area (Å²) in [6.07, 6.45) is 5.88. The molecule has 1 aliphatic carbocycles. The summed E-state index contributed by atoms with van der Waals surface area (Å²) in [5.41, 5.74) is 0. The molecule has 1 aromatic heterocycles. The lowest BCUT2D eigenvalue weighted by molar-refractivity contribution is -0.136. The highest BCUT2D eigenvalue weighted by Gasteiger charge is 2.34. The van der Waals surface area contributed by atoms with Gasteiger partial charge in [-0.3, -0.25) is 4.79 Å². The molecule has 0 bridgehead atoms. The van der Waals surface area contributed by atoms with E-state index in [1.54, 1.807) is 11.8 Å². The fraction of sp³-hybridized carbons (Fsp3) is 0.812. The topological polar surface area (TPSA) is 51.0 Å². The van der Waals surface area contributed by atoms with Gasteiger partial charge in [0.15, 0.2) is 5.16 Å². The summed E-state index contributed by atoms with van der Waals surface area (Å²) >= 11 is 1.54. The lowest BCUT2D eigenvalue weighted by atomic mass is 9.97. The van der Waals surface area contributed by atoms with Crippen molar-refractivity contribution in [1.29, 1.82) is 0 Å². The van der Waals surface area contributed by atoms with Crippen LogP contribution in [0.1, 0.15) is 64.6 Å². The van der Waals surface area contributed by atoms with Crippen LogP contribution in [0, 0.1) is 0 Å². The predicted molar refractivity (Wildman–Crippen MR) is 87.9 cm³/mol. The molecule has 0 N–H and O–H groups in total. The Morgan fingerprint density at radius 1 is 1.18 bits per heavy atom. The van der Waals surface area contributed by atoms with E-state index in [1.165, 1.54) is 19.3 Å². The van der Waals surface area contributed by atoms with Crippen LogP contribution in [0.25, 0.3) is 0 Å². The molecule has 1 saturated heterocycles. The van der Waals surface area contributed by atoms with Gasteiger partial charge in [0.1, 0.15) is 5.82 Å². The summed E-state index contributed by atoms with van der Waals surface area (Å²) in [6, 6.07) is 0.696. The first-order chi connectivity index (χ1) is 10.5. The number of aromatic nitrogens is 3. The minimum absolute atomic E-state index is 0.113. The molecule has 2 fully saturated rings. The number of carbonyl (C=O) groups is 1. The molecule has 6 heteroatoms. The Balaban J connectivity index is 1.68. The average Bonchev–Trinajstić information content (AvgIpc) is 3.25. The van der Waals surface area contributed by atoms with Crippen LogP contribution in [0.2, 0.25) is 0 Å². The third-order valence-electron chi connectivity index (χ3n) is 4.89. The van der Waals surface area contributed by atoms with Gasteiger partial charge < -0.3 is 9.47 Å². The molecule has 1 saturated carbocycles. The van der Waals surface area contributed by atoms with Gasteiger partial charge in [0, 0.05) is 25.0 Å². The van der Waals surface area contributed by atoms with Gasteiger partial charge in [0.2, 0.25) is 5.91 Å². The predicted octanol–water partition coefficient (Wildman–Crippen LogP) is 2.96. The monoisotopic (exact) mass is 322 g/mol. The van der Waals surface area contributed by atoms with Crippen molar-refractivity contribution in [1.82, 2.24) is 19.7 Å². The van der Waals surface area contributed by atoms with Gasteiger partial charge in [-0.25, -0.2) is 0 Å². The Morgan fingerprint density at radius 2 is 1.82 bits per heavy atom. The Kier molecular flexibility index (Phi) is 4.48. The lowest BCUT2D eigenvalue weighted by Crippen LogP contribution is -2.50. The van der Waals surface area contributed by atoms with Crippen molar-refractivity contribution in [2.24, 2.45) is 7.05 Å². The number of piperidine rings is 1. The second kappa shape index (κ2) is 6.22. The number of hydrogen-bond donors (Lipinski definition) is 0. The summed E-state index contributed by atoms with van der Waals surface area (Å²) in [7, 11) is 2.01. The number of likely N-dealkylation sites (tertiary alicyclic amines) is 1. The van der Waals surface area contributed by atoms with Crippen molar-refractivity contribution >= 4 is 17.7 Å². The maximum absolute atomic E-state index is 12.8. The third kappa shape index (κ3) is 3.03. The molecule has 3 rings (SSSR count). The number of carbonyl (C=O) groups excluding carboxylic acids is 1. The highest BCUT2D eigenvalue weighted by Crippen LogP contribution is 2.40. The first-order valence-electron chi connectivity index (χ1n) is 8.37. The second-order valence-electron chi connectivity index (χ2n) is 6.81. The summed E-state index contributed by atoms with van der Waals surface area (Å²) < 4.78 is 2.06. The van der Waals surface area contributed by atoms with Crippen molar-refractivity contribution < 1.29 is 4.79 Å². The molecule has 1 amide bonds. The number of amides is 1. The average molecular weight is 322 g/mol. The third-order valence-corrected chi connectivity index (χ3v) is 6.01. The maximum Gasteiger partial charge on any atom is 0.236 e. The van der Waals surface area contributed by atoms with Gasteiger partial charge >= 0.3 is 0 Å². The zero-order valence-corrected chi connectivity index (χ0v) is 14.8. The summed E-state index contributed by atoms with van der Waals surface area (Å²) in [6.45, 7) is 6.32. The number of nitrogens with zero attached hydrogens (tertiary/aromatic N) is 4. The Labute approximate surface area is 136 Å². The molecule has 0 radical (unpaired) electrons. The maximum atomic E-state index is 12.8. The summed E-state index contributed by atoms with van der Waals surface area (Å²) in [4.78, 5) is 14.9. The summed E-state index contributed by atoms with van der Waals surface area (Å²) in [5, 5.41) is 9.34. The van der Waals surface area contributed by atoms with Crippen LogP contribution in [0.3, 0.4) is 0 Å². The van der Waals surface area contributed by atoms with Gasteiger partial charge in [-0.2, -0.15) is 0 Å². The molecule has 22 heavy (non-hydrogen) atoms. The van der Waals surface area contributed by atoms with E-state index < -0.39 is 0 Å². The zero-order valence-electron chi connectivity index (χ0n) is 14.0. The molecular weight excluding hydrogens is 296 g/mol. The van der Waals surface area contributed by atoms with Crippen molar-refractivity contribution in [3.63, 3.8) is 0 Å². The Bertz CT molecular complexity index is 544. The fourth-order valence-electron chi connectivity index (χ4n) is 3.40. The standard InChI is InChI=1S/C16H26N4OS/c1-10-6-5-7-11(2)20(10)15(21)12(3)22-16-18-17-14(19(16)4)13-8-9-13/h10-13H,5-9H2,1-4H3/t10-,11-,12+/m0/s1. The van der Waals surface area contributed by atoms with Gasteiger partial charge in [-0.05, 0) is 52.9 Å². The number of hydrogen-bond acceptors (Lipinski definition) is 4. The van der Waals surface area contributed by atoms with E-state index in [9.17, 15) is 4.79 Å². The highest BCUT2D eigenvalue weighted by molar-refractivity contribution is 8.00. The van der Waals surface area contributed by atoms with E-state index in [4.69, 9.17) is 0 Å². The summed E-state index contributed by atoms with van der Waals surface area (Å²) in [5.74, 6) is 1.89. The van der Waals surface area contributed by atoms with Crippen molar-refractivity contribution in [3.05, 3.63) is 5.82 Å². The Hall–Kier alpha value is -1.04. The smallest absolute Gasteiger partial charge is 0.236 e. The van der Waals surface area contributed by atoms with Gasteiger partial charge in [0.25, 0.3) is 0 Å².